The Kier molecular flexibility index (Phi) is 1.77. The van der Waals surface area contributed by atoms with Crippen LogP contribution in [0.4, 0.5) is 5.69 Å². The van der Waals surface area contributed by atoms with Crippen molar-refractivity contribution in [1.82, 2.24) is 0 Å². The summed E-state index contributed by atoms with van der Waals surface area (Å²) in [7, 11) is 0. The molecule has 0 aliphatic carbocycles. The minimum Gasteiger partial charge on any atom is -0.508 e. The van der Waals surface area contributed by atoms with Gasteiger partial charge in [-0.3, -0.25) is 0 Å². The van der Waals surface area contributed by atoms with Gasteiger partial charge in [-0.25, -0.2) is 0 Å². The minimum atomic E-state index is -0.000608. The Bertz CT molecular complexity index is 339. The first-order chi connectivity index (χ1) is 6.16. The van der Waals surface area contributed by atoms with E-state index in [0.717, 1.165) is 5.56 Å². The predicted molar refractivity (Wildman–Crippen MR) is 49.7 cm³/mol. The summed E-state index contributed by atoms with van der Waals surface area (Å²) in [5.41, 5.74) is 12.9. The Morgan fingerprint density at radius 3 is 3.00 bits per heavy atom. The quantitative estimate of drug-likeness (QED) is 0.499. The second kappa shape index (κ2) is 2.81. The van der Waals surface area contributed by atoms with Crippen molar-refractivity contribution >= 4 is 5.69 Å². The summed E-state index contributed by atoms with van der Waals surface area (Å²) in [6.07, 6.45) is 0.710. The van der Waals surface area contributed by atoms with Gasteiger partial charge in [-0.2, -0.15) is 0 Å². The van der Waals surface area contributed by atoms with Crippen LogP contribution in [0.25, 0.3) is 0 Å². The summed E-state index contributed by atoms with van der Waals surface area (Å²) in [4.78, 5) is 0. The van der Waals surface area contributed by atoms with Gasteiger partial charge in [0.15, 0.2) is 0 Å². The topological polar surface area (TPSA) is 81.5 Å². The average molecular weight is 180 g/mol. The molecule has 1 aliphatic rings. The van der Waals surface area contributed by atoms with E-state index < -0.39 is 0 Å². The fourth-order valence-corrected chi connectivity index (χ4v) is 1.52. The molecule has 1 aromatic rings. The van der Waals surface area contributed by atoms with Crippen molar-refractivity contribution in [2.75, 3.05) is 12.3 Å². The zero-order chi connectivity index (χ0) is 9.42. The van der Waals surface area contributed by atoms with Crippen LogP contribution in [0.3, 0.4) is 0 Å². The van der Waals surface area contributed by atoms with Crippen LogP contribution >= 0.6 is 0 Å². The number of nitrogen functional groups attached to an aromatic ring is 1. The maximum absolute atomic E-state index is 9.24. The lowest BCUT2D eigenvalue weighted by Crippen LogP contribution is -2.34. The zero-order valence-corrected chi connectivity index (χ0v) is 7.16. The summed E-state index contributed by atoms with van der Waals surface area (Å²) in [6, 6.07) is 3.08. The first-order valence-electron chi connectivity index (χ1n) is 4.16. The van der Waals surface area contributed by atoms with Gasteiger partial charge in [0.1, 0.15) is 18.1 Å². The second-order valence-electron chi connectivity index (χ2n) is 3.29. The van der Waals surface area contributed by atoms with Crippen LogP contribution in [0.1, 0.15) is 5.56 Å². The van der Waals surface area contributed by atoms with E-state index in [1.165, 1.54) is 6.07 Å². The number of hydrogen-bond donors (Lipinski definition) is 3. The Balaban J connectivity index is 2.47. The monoisotopic (exact) mass is 180 g/mol. The highest BCUT2D eigenvalue weighted by atomic mass is 16.5. The second-order valence-corrected chi connectivity index (χ2v) is 3.29. The van der Waals surface area contributed by atoms with Crippen molar-refractivity contribution in [1.29, 1.82) is 0 Å². The normalized spacial score (nSPS) is 20.5. The van der Waals surface area contributed by atoms with Crippen molar-refractivity contribution in [2.45, 2.75) is 12.5 Å². The molecule has 5 N–H and O–H groups in total. The number of phenols is 1. The molecule has 1 heterocycles. The maximum atomic E-state index is 9.24. The van der Waals surface area contributed by atoms with Crippen molar-refractivity contribution in [2.24, 2.45) is 5.73 Å². The molecular formula is C9H12N2O2. The summed E-state index contributed by atoms with van der Waals surface area (Å²) >= 11 is 0. The summed E-state index contributed by atoms with van der Waals surface area (Å²) < 4.78 is 5.33. The number of hydrogen-bond acceptors (Lipinski definition) is 4. The first kappa shape index (κ1) is 8.19. The van der Waals surface area contributed by atoms with Gasteiger partial charge < -0.3 is 21.3 Å². The van der Waals surface area contributed by atoms with Gasteiger partial charge in [0.2, 0.25) is 0 Å². The van der Waals surface area contributed by atoms with E-state index in [2.05, 4.69) is 0 Å². The van der Waals surface area contributed by atoms with Crippen molar-refractivity contribution < 1.29 is 9.84 Å². The molecule has 1 aromatic carbocycles. The van der Waals surface area contributed by atoms with E-state index in [0.29, 0.717) is 24.5 Å². The van der Waals surface area contributed by atoms with Crippen LogP contribution < -0.4 is 16.2 Å². The number of fused-ring (bicyclic) bond motifs is 1. The highest BCUT2D eigenvalue weighted by Crippen LogP contribution is 2.33. The summed E-state index contributed by atoms with van der Waals surface area (Å²) in [5.74, 6) is 0.783. The molecule has 0 aromatic heterocycles. The molecule has 0 spiro atoms. The van der Waals surface area contributed by atoms with E-state index in [9.17, 15) is 5.11 Å². The number of phenolic OH excluding ortho intramolecular Hbond substituents is 1. The number of nitrogens with two attached hydrogens (primary N) is 2. The molecule has 0 amide bonds. The fourth-order valence-electron chi connectivity index (χ4n) is 1.52. The standard InChI is InChI=1S/C9H12N2O2/c10-5-1-7-8(11)2-6(12)3-9(7)13-4-5/h2-3,5,12H,1,4,10-11H2. The van der Waals surface area contributed by atoms with E-state index in [-0.39, 0.29) is 11.8 Å². The number of aromatic hydroxyl groups is 1. The van der Waals surface area contributed by atoms with Crippen LogP contribution in [-0.4, -0.2) is 17.8 Å². The number of ether oxygens (including phenoxy) is 1. The lowest BCUT2D eigenvalue weighted by molar-refractivity contribution is 0.262. The van der Waals surface area contributed by atoms with Gasteiger partial charge in [-0.1, -0.05) is 0 Å². The zero-order valence-electron chi connectivity index (χ0n) is 7.16. The number of benzene rings is 1. The summed E-state index contributed by atoms with van der Waals surface area (Å²) in [5, 5.41) is 9.24. The molecule has 0 saturated carbocycles. The molecule has 1 aliphatic heterocycles. The van der Waals surface area contributed by atoms with E-state index in [4.69, 9.17) is 16.2 Å². The molecule has 0 bridgehead atoms. The third-order valence-corrected chi connectivity index (χ3v) is 2.15. The average Bonchev–Trinajstić information content (AvgIpc) is 2.06. The SMILES string of the molecule is Nc1cc(O)cc2c1CC(N)CO2. The van der Waals surface area contributed by atoms with Crippen LogP contribution in [0, 0.1) is 0 Å². The van der Waals surface area contributed by atoms with Gasteiger partial charge >= 0.3 is 0 Å². The molecule has 0 saturated heterocycles. The number of anilines is 1. The lowest BCUT2D eigenvalue weighted by Gasteiger charge is -2.23. The number of rotatable bonds is 0. The van der Waals surface area contributed by atoms with Gasteiger partial charge in [-0.15, -0.1) is 0 Å². The van der Waals surface area contributed by atoms with Crippen LogP contribution in [-0.2, 0) is 6.42 Å². The molecule has 4 nitrogen and oxygen atoms in total. The van der Waals surface area contributed by atoms with Crippen molar-refractivity contribution in [3.8, 4) is 11.5 Å². The van der Waals surface area contributed by atoms with Gasteiger partial charge in [0, 0.05) is 29.4 Å². The van der Waals surface area contributed by atoms with Gasteiger partial charge in [-0.05, 0) is 6.42 Å². The molecule has 4 heteroatoms. The molecule has 70 valence electrons. The van der Waals surface area contributed by atoms with Crippen molar-refractivity contribution in [3.63, 3.8) is 0 Å². The van der Waals surface area contributed by atoms with Crippen LogP contribution in [0.2, 0.25) is 0 Å². The molecule has 0 radical (unpaired) electrons. The Morgan fingerprint density at radius 1 is 1.46 bits per heavy atom. The van der Waals surface area contributed by atoms with E-state index >= 15 is 0 Å². The predicted octanol–water partition coefficient (Wildman–Crippen LogP) is 0.237. The van der Waals surface area contributed by atoms with Gasteiger partial charge in [0.05, 0.1) is 0 Å². The highest BCUT2D eigenvalue weighted by molar-refractivity contribution is 5.59. The Hall–Kier alpha value is -1.42. The fraction of sp³-hybridized carbons (Fsp3) is 0.333. The third kappa shape index (κ3) is 1.40. The van der Waals surface area contributed by atoms with Crippen LogP contribution in [0.15, 0.2) is 12.1 Å². The first-order valence-corrected chi connectivity index (χ1v) is 4.16. The van der Waals surface area contributed by atoms with Crippen LogP contribution in [0.5, 0.6) is 11.5 Å². The lowest BCUT2D eigenvalue weighted by atomic mass is 10.0. The van der Waals surface area contributed by atoms with E-state index in [1.54, 1.807) is 6.07 Å². The van der Waals surface area contributed by atoms with Crippen molar-refractivity contribution in [3.05, 3.63) is 17.7 Å². The Labute approximate surface area is 76.1 Å². The molecule has 2 rings (SSSR count). The van der Waals surface area contributed by atoms with Gasteiger partial charge in [0.25, 0.3) is 0 Å². The minimum absolute atomic E-state index is 0.000608. The largest absolute Gasteiger partial charge is 0.508 e. The molecule has 0 fully saturated rings. The smallest absolute Gasteiger partial charge is 0.128 e. The molecule has 13 heavy (non-hydrogen) atoms. The molecule has 1 unspecified atom stereocenters. The highest BCUT2D eigenvalue weighted by Gasteiger charge is 2.19. The molecule has 1 atom stereocenters. The Morgan fingerprint density at radius 2 is 2.23 bits per heavy atom. The maximum Gasteiger partial charge on any atom is 0.128 e. The summed E-state index contributed by atoms with van der Waals surface area (Å²) in [6.45, 7) is 0.482. The van der Waals surface area contributed by atoms with E-state index in [1.807, 2.05) is 0 Å². The third-order valence-electron chi connectivity index (χ3n) is 2.15. The molecular weight excluding hydrogens is 168 g/mol.